The van der Waals surface area contributed by atoms with Gasteiger partial charge in [-0.15, -0.1) is 12.4 Å². The first-order chi connectivity index (χ1) is 2.64. The molecule has 0 amide bonds. The molecule has 4 heteroatoms. The molecule has 0 aromatic heterocycles. The van der Waals surface area contributed by atoms with Crippen molar-refractivity contribution in [1.82, 2.24) is 0 Å². The molecule has 0 aliphatic carbocycles. The minimum atomic E-state index is -1.23. The third kappa shape index (κ3) is 5.72. The fourth-order valence-electron chi connectivity index (χ4n) is 0. The number of carboxylic acid groups (broad SMARTS) is 1. The lowest BCUT2D eigenvalue weighted by Crippen LogP contribution is -2.13. The Kier molecular flexibility index (Phi) is 5.49. The molecule has 3 nitrogen and oxygen atoms in total. The van der Waals surface area contributed by atoms with E-state index in [9.17, 15) is 4.79 Å². The second-order valence-corrected chi connectivity index (χ2v) is 1.01. The van der Waals surface area contributed by atoms with E-state index >= 15 is 0 Å². The molecule has 0 aromatic carbocycles. The molecule has 7 heavy (non-hydrogen) atoms. The molecule has 0 fully saturated rings. The number of hydrogen-bond acceptors (Lipinski definition) is 2. The zero-order chi connectivity index (χ0) is 5.15. The predicted molar refractivity (Wildman–Crippen MR) is 26.6 cm³/mol. The fourth-order valence-corrected chi connectivity index (χ4v) is 0. The largest absolute Gasteiger partial charge is 0.479 e. The highest BCUT2D eigenvalue weighted by Gasteiger charge is 2.01. The van der Waals surface area contributed by atoms with Gasteiger partial charge in [-0.25, -0.2) is 4.79 Å². The van der Waals surface area contributed by atoms with Crippen molar-refractivity contribution in [2.75, 3.05) is 0 Å². The zero-order valence-corrected chi connectivity index (χ0v) is 4.60. The van der Waals surface area contributed by atoms with E-state index in [0.717, 1.165) is 0 Å². The van der Waals surface area contributed by atoms with E-state index in [0.29, 0.717) is 0 Å². The third-order valence-electron chi connectivity index (χ3n) is 0.357. The summed E-state index contributed by atoms with van der Waals surface area (Å²) in [7, 11) is 0. The van der Waals surface area contributed by atoms with Crippen molar-refractivity contribution < 1.29 is 15.0 Å². The minimum Gasteiger partial charge on any atom is -0.479 e. The van der Waals surface area contributed by atoms with Gasteiger partial charge in [-0.2, -0.15) is 0 Å². The van der Waals surface area contributed by atoms with Crippen LogP contribution in [0.1, 0.15) is 6.92 Å². The van der Waals surface area contributed by atoms with Crippen molar-refractivity contribution in [3.63, 3.8) is 0 Å². The van der Waals surface area contributed by atoms with Gasteiger partial charge in [0.25, 0.3) is 0 Å². The molecule has 44 valence electrons. The fraction of sp³-hybridized carbons (Fsp3) is 0.667. The van der Waals surface area contributed by atoms with Gasteiger partial charge < -0.3 is 10.2 Å². The number of aliphatic carboxylic acids is 1. The summed E-state index contributed by atoms with van der Waals surface area (Å²) in [6.45, 7) is 1.20. The predicted octanol–water partition coefficient (Wildman–Crippen LogP) is -0.126. The Hall–Kier alpha value is -0.280. The SMILES string of the molecule is C[C@H](O)C(=O)O.Cl. The van der Waals surface area contributed by atoms with E-state index in [-0.39, 0.29) is 12.4 Å². The number of halogens is 1. The summed E-state index contributed by atoms with van der Waals surface area (Å²) in [4.78, 5) is 9.45. The van der Waals surface area contributed by atoms with Crippen LogP contribution in [-0.2, 0) is 4.79 Å². The zero-order valence-electron chi connectivity index (χ0n) is 3.79. The molecule has 0 rings (SSSR count). The first-order valence-electron chi connectivity index (χ1n) is 1.55. The Morgan fingerprint density at radius 1 is 1.71 bits per heavy atom. The highest BCUT2D eigenvalue weighted by atomic mass is 35.5. The maximum absolute atomic E-state index is 9.45. The van der Waals surface area contributed by atoms with Crippen molar-refractivity contribution in [3.8, 4) is 0 Å². The van der Waals surface area contributed by atoms with Gasteiger partial charge in [-0.1, -0.05) is 0 Å². The van der Waals surface area contributed by atoms with E-state index in [1.54, 1.807) is 0 Å². The lowest BCUT2D eigenvalue weighted by molar-refractivity contribution is -0.145. The Labute approximate surface area is 47.4 Å². The van der Waals surface area contributed by atoms with Crippen LogP contribution in [-0.4, -0.2) is 22.3 Å². The summed E-state index contributed by atoms with van der Waals surface area (Å²) in [6.07, 6.45) is -1.23. The molecule has 0 aliphatic heterocycles. The van der Waals surface area contributed by atoms with E-state index in [2.05, 4.69) is 0 Å². The topological polar surface area (TPSA) is 57.5 Å². The van der Waals surface area contributed by atoms with Crippen LogP contribution in [0.2, 0.25) is 0 Å². The Morgan fingerprint density at radius 2 is 1.86 bits per heavy atom. The van der Waals surface area contributed by atoms with Crippen LogP contribution in [0.15, 0.2) is 0 Å². The van der Waals surface area contributed by atoms with Gasteiger partial charge in [0.1, 0.15) is 6.10 Å². The summed E-state index contributed by atoms with van der Waals surface area (Å²) >= 11 is 0. The summed E-state index contributed by atoms with van der Waals surface area (Å²) in [5, 5.41) is 15.8. The van der Waals surface area contributed by atoms with Crippen LogP contribution in [0.3, 0.4) is 0 Å². The second kappa shape index (κ2) is 3.89. The first-order valence-corrected chi connectivity index (χ1v) is 1.55. The normalized spacial score (nSPS) is 11.7. The summed E-state index contributed by atoms with van der Waals surface area (Å²) < 4.78 is 0. The van der Waals surface area contributed by atoms with E-state index in [1.165, 1.54) is 6.92 Å². The van der Waals surface area contributed by atoms with Crippen molar-refractivity contribution in [2.24, 2.45) is 0 Å². The van der Waals surface area contributed by atoms with Crippen molar-refractivity contribution in [2.45, 2.75) is 13.0 Å². The lowest BCUT2D eigenvalue weighted by Gasteiger charge is -1.89. The van der Waals surface area contributed by atoms with Gasteiger partial charge in [0, 0.05) is 0 Å². The van der Waals surface area contributed by atoms with Gasteiger partial charge >= 0.3 is 5.97 Å². The molecule has 0 bridgehead atoms. The molecule has 0 unspecified atom stereocenters. The quantitative estimate of drug-likeness (QED) is 0.515. The van der Waals surface area contributed by atoms with Gasteiger partial charge in [0.05, 0.1) is 0 Å². The molecule has 0 aromatic rings. The van der Waals surface area contributed by atoms with Crippen molar-refractivity contribution in [1.29, 1.82) is 0 Å². The molecule has 1 atom stereocenters. The van der Waals surface area contributed by atoms with Crippen LogP contribution in [0.4, 0.5) is 0 Å². The number of hydrogen-bond donors (Lipinski definition) is 2. The summed E-state index contributed by atoms with van der Waals surface area (Å²) in [5.74, 6) is -1.19. The Bertz CT molecular complexity index is 61.2. The maximum atomic E-state index is 9.45. The van der Waals surface area contributed by atoms with Gasteiger partial charge in [-0.3, -0.25) is 0 Å². The highest BCUT2D eigenvalue weighted by Crippen LogP contribution is 1.73. The summed E-state index contributed by atoms with van der Waals surface area (Å²) in [5.41, 5.74) is 0. The number of rotatable bonds is 1. The highest BCUT2D eigenvalue weighted by molar-refractivity contribution is 5.85. The van der Waals surface area contributed by atoms with E-state index in [1.807, 2.05) is 0 Å². The number of carbonyl (C=O) groups is 1. The molecule has 0 spiro atoms. The standard InChI is InChI=1S/C3H6O3.ClH/c1-2(4)3(5)6;/h2,4H,1H3,(H,5,6);1H/t2-;/m0./s1. The van der Waals surface area contributed by atoms with Gasteiger partial charge in [-0.05, 0) is 6.92 Å². The average Bonchev–Trinajstić information content (AvgIpc) is 1.36. The van der Waals surface area contributed by atoms with Crippen LogP contribution in [0.5, 0.6) is 0 Å². The molecular formula is C3H7ClO3. The Balaban J connectivity index is 0. The van der Waals surface area contributed by atoms with Crippen LogP contribution in [0.25, 0.3) is 0 Å². The third-order valence-corrected chi connectivity index (χ3v) is 0.357. The molecular weight excluding hydrogens is 119 g/mol. The molecule has 0 radical (unpaired) electrons. The molecule has 2 N–H and O–H groups in total. The minimum absolute atomic E-state index is 0. The first kappa shape index (κ1) is 9.87. The number of carboxylic acids is 1. The molecule has 0 heterocycles. The number of aliphatic hydroxyl groups excluding tert-OH is 1. The molecule has 0 aliphatic rings. The van der Waals surface area contributed by atoms with Gasteiger partial charge in [0.15, 0.2) is 0 Å². The van der Waals surface area contributed by atoms with Gasteiger partial charge in [0.2, 0.25) is 0 Å². The Morgan fingerprint density at radius 3 is 1.86 bits per heavy atom. The van der Waals surface area contributed by atoms with Crippen molar-refractivity contribution >= 4 is 18.4 Å². The average molecular weight is 127 g/mol. The lowest BCUT2D eigenvalue weighted by atomic mass is 10.4. The van der Waals surface area contributed by atoms with Crippen molar-refractivity contribution in [3.05, 3.63) is 0 Å². The van der Waals surface area contributed by atoms with Crippen LogP contribution < -0.4 is 0 Å². The van der Waals surface area contributed by atoms with Crippen LogP contribution >= 0.6 is 12.4 Å². The van der Waals surface area contributed by atoms with E-state index < -0.39 is 12.1 Å². The maximum Gasteiger partial charge on any atom is 0.332 e. The van der Waals surface area contributed by atoms with Crippen LogP contribution in [0, 0.1) is 0 Å². The van der Waals surface area contributed by atoms with E-state index in [4.69, 9.17) is 10.2 Å². The second-order valence-electron chi connectivity index (χ2n) is 1.01. The summed E-state index contributed by atoms with van der Waals surface area (Å²) in [6, 6.07) is 0. The smallest absolute Gasteiger partial charge is 0.332 e. The molecule has 0 saturated carbocycles. The molecule has 0 saturated heterocycles. The number of aliphatic hydroxyl groups is 1. The monoisotopic (exact) mass is 126 g/mol.